The van der Waals surface area contributed by atoms with E-state index in [0.29, 0.717) is 23.7 Å². The summed E-state index contributed by atoms with van der Waals surface area (Å²) in [4.78, 5) is 118. The number of carboxylic acids is 2. The number of fused-ring (bicyclic) bond motifs is 5. The highest BCUT2D eigenvalue weighted by Gasteiger charge is 2.74. The van der Waals surface area contributed by atoms with Crippen molar-refractivity contribution >= 4 is 85.8 Å². The van der Waals surface area contributed by atoms with E-state index in [9.17, 15) is 48.6 Å². The van der Waals surface area contributed by atoms with Crippen molar-refractivity contribution in [2.75, 3.05) is 42.8 Å². The number of nitrogens with one attached hydrogen (secondary N) is 6. The van der Waals surface area contributed by atoms with E-state index >= 15 is 0 Å². The molecule has 64 heavy (non-hydrogen) atoms. The Morgan fingerprint density at radius 2 is 1.75 bits per heavy atom. The molecule has 0 radical (unpaired) electrons. The van der Waals surface area contributed by atoms with Gasteiger partial charge in [-0.15, -0.1) is 0 Å². The summed E-state index contributed by atoms with van der Waals surface area (Å²) in [7, 11) is 3.76. The first-order valence-corrected chi connectivity index (χ1v) is 22.0. The number of allylic oxidation sites excluding steroid dienone is 2. The van der Waals surface area contributed by atoms with Crippen LogP contribution in [0.1, 0.15) is 35.8 Å². The third kappa shape index (κ3) is 9.01. The maximum atomic E-state index is 13.9. The number of nitrogens with zero attached hydrogens (tertiary/aromatic N) is 4. The van der Waals surface area contributed by atoms with Gasteiger partial charge in [0, 0.05) is 61.0 Å². The molecule has 5 heterocycles. The van der Waals surface area contributed by atoms with E-state index in [1.165, 1.54) is 43.2 Å². The normalized spacial score (nSPS) is 21.7. The van der Waals surface area contributed by atoms with Crippen LogP contribution in [0.5, 0.6) is 0 Å². The van der Waals surface area contributed by atoms with Gasteiger partial charge in [-0.05, 0) is 37.6 Å². The fraction of sp³-hybridized carbons (Fsp3) is 0.395. The Morgan fingerprint density at radius 1 is 1.02 bits per heavy atom. The zero-order valence-electron chi connectivity index (χ0n) is 34.0. The molecule has 3 amide bonds. The lowest BCUT2D eigenvalue weighted by Gasteiger charge is -2.38. The van der Waals surface area contributed by atoms with Gasteiger partial charge in [0.15, 0.2) is 23.0 Å². The van der Waals surface area contributed by atoms with Gasteiger partial charge in [0.1, 0.15) is 12.1 Å². The predicted octanol–water partition coefficient (Wildman–Crippen LogP) is -1.43. The van der Waals surface area contributed by atoms with Gasteiger partial charge in [0.25, 0.3) is 11.5 Å². The summed E-state index contributed by atoms with van der Waals surface area (Å²) in [6, 6.07) is 2.92. The smallest absolute Gasteiger partial charge is 0.405 e. The zero-order valence-corrected chi connectivity index (χ0v) is 35.6. The molecule has 1 aliphatic carbocycles. The number of ether oxygens (including phenoxy) is 2. The van der Waals surface area contributed by atoms with Crippen LogP contribution in [0, 0.1) is 0 Å². The monoisotopic (exact) mass is 922 g/mol. The van der Waals surface area contributed by atoms with Crippen molar-refractivity contribution < 1.29 is 53.2 Å². The Bertz CT molecular complexity index is 2570. The molecule has 2 aromatic heterocycles. The number of primary amides is 1. The number of rotatable bonds is 20. The second kappa shape index (κ2) is 18.5. The minimum absolute atomic E-state index is 0.0152. The van der Waals surface area contributed by atoms with Crippen molar-refractivity contribution in [3.63, 3.8) is 0 Å². The maximum absolute atomic E-state index is 13.9. The van der Waals surface area contributed by atoms with Gasteiger partial charge in [-0.2, -0.15) is 4.98 Å². The maximum Gasteiger partial charge on any atom is 0.405 e. The fourth-order valence-electron chi connectivity index (χ4n) is 7.78. The van der Waals surface area contributed by atoms with E-state index in [2.05, 4.69) is 46.5 Å². The van der Waals surface area contributed by atoms with Gasteiger partial charge in [0.2, 0.25) is 23.4 Å². The van der Waals surface area contributed by atoms with Crippen LogP contribution in [0.15, 0.2) is 57.8 Å². The van der Waals surface area contributed by atoms with E-state index in [4.69, 9.17) is 20.9 Å². The topological polar surface area (TPSA) is 375 Å². The molecule has 4 aliphatic rings. The second-order valence-electron chi connectivity index (χ2n) is 14.9. The molecule has 6 atom stereocenters. The molecule has 338 valence electrons. The highest BCUT2D eigenvalue weighted by molar-refractivity contribution is 8.76. The number of ketones is 2. The number of piperazine rings is 1. The number of benzene rings is 1. The highest BCUT2D eigenvalue weighted by Crippen LogP contribution is 2.53. The van der Waals surface area contributed by atoms with Crippen molar-refractivity contribution in [1.29, 1.82) is 0 Å². The molecular formula is C38H42N12O12S2. The number of carbonyl (C=O) groups excluding carboxylic acids is 5. The van der Waals surface area contributed by atoms with Gasteiger partial charge in [-0.25, -0.2) is 24.4 Å². The number of hydrogen-bond acceptors (Lipinski definition) is 20. The average Bonchev–Trinajstić information content (AvgIpc) is 3.88. The van der Waals surface area contributed by atoms with Crippen molar-refractivity contribution in [1.82, 2.24) is 46.1 Å². The van der Waals surface area contributed by atoms with Crippen LogP contribution < -0.4 is 43.6 Å². The van der Waals surface area contributed by atoms with E-state index in [-0.39, 0.29) is 82.6 Å². The molecule has 2 saturated heterocycles. The lowest BCUT2D eigenvalue weighted by atomic mass is 9.88. The number of carboxylic acid groups (broad SMARTS) is 2. The summed E-state index contributed by atoms with van der Waals surface area (Å²) >= 11 is 0. The minimum Gasteiger partial charge on any atom is -0.480 e. The summed E-state index contributed by atoms with van der Waals surface area (Å²) < 4.78 is 11.3. The molecule has 12 N–H and O–H groups in total. The van der Waals surface area contributed by atoms with Crippen molar-refractivity contribution in [3.8, 4) is 0 Å². The number of anilines is 2. The number of methoxy groups -OCH3 is 1. The number of nitrogens with two attached hydrogens (primary N) is 2. The van der Waals surface area contributed by atoms with Crippen LogP contribution in [0.2, 0.25) is 0 Å². The van der Waals surface area contributed by atoms with E-state index < -0.39 is 77.3 Å². The van der Waals surface area contributed by atoms with Gasteiger partial charge in [0.05, 0.1) is 41.4 Å². The first-order valence-electron chi connectivity index (χ1n) is 19.5. The lowest BCUT2D eigenvalue weighted by Crippen LogP contribution is -2.58. The Hall–Kier alpha value is -6.77. The third-order valence-electron chi connectivity index (χ3n) is 10.9. The molecule has 0 bridgehead atoms. The number of amides is 3. The van der Waals surface area contributed by atoms with Crippen LogP contribution in [0.4, 0.5) is 16.4 Å². The van der Waals surface area contributed by atoms with Crippen molar-refractivity contribution in [3.05, 3.63) is 74.6 Å². The van der Waals surface area contributed by atoms with E-state index in [1.807, 2.05) is 0 Å². The molecule has 0 saturated carbocycles. The fourth-order valence-corrected chi connectivity index (χ4v) is 9.84. The van der Waals surface area contributed by atoms with E-state index in [0.717, 1.165) is 10.8 Å². The molecule has 1 unspecified atom stereocenters. The second-order valence-corrected chi connectivity index (χ2v) is 17.5. The molecule has 7 rings (SSSR count). The minimum atomic E-state index is -1.47. The predicted molar refractivity (Wildman–Crippen MR) is 228 cm³/mol. The Balaban J connectivity index is 0.839. The summed E-state index contributed by atoms with van der Waals surface area (Å²) in [6.07, 6.45) is -1.71. The SMILES string of the molecule is CO[C@@]12C(OC(N)=O)C3=C(C(=O)C(C)=C(NCCSSC[C@@H](NC(=O)CC[C@@H](NC(=O)c4ccc(NCc5cnc6nc(N)[nH]c(=O)c6n5)cc4)C(=O)O)C(=O)O)C3=O)N1C[C@@H]1N[C@@H]12. The lowest BCUT2D eigenvalue weighted by molar-refractivity contribution is -0.151. The number of nitrogen functional groups attached to an aromatic ring is 1. The first kappa shape index (κ1) is 45.3. The summed E-state index contributed by atoms with van der Waals surface area (Å²) in [5, 5.41) is 33.6. The molecule has 2 fully saturated rings. The molecule has 0 spiro atoms. The molecule has 1 aromatic carbocycles. The summed E-state index contributed by atoms with van der Waals surface area (Å²) in [5.41, 5.74) is 10.6. The Kier molecular flexibility index (Phi) is 13.1. The molecule has 3 aromatic rings. The molecular weight excluding hydrogens is 881 g/mol. The molecule has 3 aliphatic heterocycles. The van der Waals surface area contributed by atoms with Crippen LogP contribution in [-0.2, 0) is 40.0 Å². The van der Waals surface area contributed by atoms with Gasteiger partial charge in [-0.3, -0.25) is 29.0 Å². The number of carbonyl (C=O) groups is 7. The Morgan fingerprint density at radius 3 is 2.44 bits per heavy atom. The van der Waals surface area contributed by atoms with Gasteiger partial charge < -0.3 is 62.6 Å². The van der Waals surface area contributed by atoms with Crippen LogP contribution in [0.3, 0.4) is 0 Å². The summed E-state index contributed by atoms with van der Waals surface area (Å²) in [6.45, 7) is 2.22. The average molecular weight is 923 g/mol. The first-order chi connectivity index (χ1) is 30.5. The Labute approximate surface area is 369 Å². The number of aromatic nitrogens is 4. The highest BCUT2D eigenvalue weighted by atomic mass is 33.1. The van der Waals surface area contributed by atoms with Crippen molar-refractivity contribution in [2.24, 2.45) is 5.73 Å². The third-order valence-corrected chi connectivity index (χ3v) is 13.3. The number of aromatic amines is 1. The number of H-pyrrole nitrogens is 1. The number of Topliss-reactive ketones (excluding diaryl/α,β-unsaturated/α-hetero) is 2. The van der Waals surface area contributed by atoms with Crippen molar-refractivity contribution in [2.45, 2.75) is 62.3 Å². The number of aliphatic carboxylic acids is 2. The van der Waals surface area contributed by atoms with Crippen LogP contribution >= 0.6 is 21.6 Å². The molecule has 26 heteroatoms. The molecule has 24 nitrogen and oxygen atoms in total. The van der Waals surface area contributed by atoms with Crippen LogP contribution in [0.25, 0.3) is 11.2 Å². The van der Waals surface area contributed by atoms with Gasteiger partial charge >= 0.3 is 18.0 Å². The van der Waals surface area contributed by atoms with Crippen LogP contribution in [-0.4, -0.2) is 144 Å². The zero-order chi connectivity index (χ0) is 46.0. The number of hydrogen-bond donors (Lipinski definition) is 10. The quantitative estimate of drug-likeness (QED) is 0.0269. The largest absolute Gasteiger partial charge is 0.480 e. The van der Waals surface area contributed by atoms with E-state index in [1.54, 1.807) is 17.0 Å². The summed E-state index contributed by atoms with van der Waals surface area (Å²) in [5.74, 6) is -5.01. The standard InChI is InChI=1S/C38H42N12O12S2/c1-15-24(28(53)23-26(27(15)52)50-13-20-29(46-20)38(50,61-2)30(23)62-37(40)60)41-9-10-63-64-14-21(35(58)59)45-22(51)8-7-19(34(56)57)47-32(54)16-3-5-17(6-4-16)42-11-18-12-43-31-25(44-18)33(55)49-36(39)48-31/h3-6,12,19-21,29-30,41-42,46H,7-11,13-14H2,1-2H3,(H2,40,60)(H,45,51)(H,47,54)(H,56,57)(H,58,59)(H3,39,43,48,49,55)/t19-,20+,21-,29+,30?,38+/m1/s1. The van der Waals surface area contributed by atoms with Gasteiger partial charge in [-0.1, -0.05) is 21.6 Å².